The van der Waals surface area contributed by atoms with E-state index in [9.17, 15) is 4.79 Å². The molecule has 1 aromatic rings. The summed E-state index contributed by atoms with van der Waals surface area (Å²) in [5.41, 5.74) is 0.693. The largest absolute Gasteiger partial charge is 0.326 e. The highest BCUT2D eigenvalue weighted by Gasteiger charge is 2.15. The van der Waals surface area contributed by atoms with Gasteiger partial charge in [0.1, 0.15) is 0 Å². The minimum atomic E-state index is 0. The second-order valence-electron chi connectivity index (χ2n) is 4.57. The number of carbonyl (C=O) groups is 1. The highest BCUT2D eigenvalue weighted by atomic mass is 35.5. The summed E-state index contributed by atoms with van der Waals surface area (Å²) in [6, 6.07) is 5.10. The van der Waals surface area contributed by atoms with Gasteiger partial charge >= 0.3 is 0 Å². The highest BCUT2D eigenvalue weighted by molar-refractivity contribution is 6.42. The molecule has 1 aliphatic rings. The third-order valence-corrected chi connectivity index (χ3v) is 3.88. The fourth-order valence-electron chi connectivity index (χ4n) is 2.09. The molecule has 106 valence electrons. The SMILES string of the molecule is Cl.O=C(CCC1CCNC1)Nc1ccc(Cl)c(Cl)c1. The molecule has 2 rings (SSSR count). The molecule has 0 saturated carbocycles. The van der Waals surface area contributed by atoms with Crippen LogP contribution in [0.15, 0.2) is 18.2 Å². The summed E-state index contributed by atoms with van der Waals surface area (Å²) in [7, 11) is 0. The van der Waals surface area contributed by atoms with Gasteiger partial charge in [-0.15, -0.1) is 12.4 Å². The van der Waals surface area contributed by atoms with Crippen molar-refractivity contribution in [2.75, 3.05) is 18.4 Å². The van der Waals surface area contributed by atoms with Gasteiger partial charge in [0.15, 0.2) is 0 Å². The molecular formula is C13H17Cl3N2O. The quantitative estimate of drug-likeness (QED) is 0.886. The van der Waals surface area contributed by atoms with Crippen LogP contribution in [0.3, 0.4) is 0 Å². The Balaban J connectivity index is 0.00000180. The summed E-state index contributed by atoms with van der Waals surface area (Å²) in [5, 5.41) is 7.07. The minimum absolute atomic E-state index is 0. The van der Waals surface area contributed by atoms with Crippen molar-refractivity contribution in [3.8, 4) is 0 Å². The molecule has 6 heteroatoms. The van der Waals surface area contributed by atoms with E-state index in [1.807, 2.05) is 0 Å². The third-order valence-electron chi connectivity index (χ3n) is 3.15. The van der Waals surface area contributed by atoms with Gasteiger partial charge in [-0.25, -0.2) is 0 Å². The van der Waals surface area contributed by atoms with Gasteiger partial charge in [0, 0.05) is 12.1 Å². The number of amides is 1. The van der Waals surface area contributed by atoms with E-state index in [-0.39, 0.29) is 18.3 Å². The van der Waals surface area contributed by atoms with Gasteiger partial charge < -0.3 is 10.6 Å². The number of hydrogen-bond donors (Lipinski definition) is 2. The number of halogens is 3. The summed E-state index contributed by atoms with van der Waals surface area (Å²) >= 11 is 11.7. The molecule has 2 N–H and O–H groups in total. The van der Waals surface area contributed by atoms with Gasteiger partial charge in [-0.1, -0.05) is 23.2 Å². The van der Waals surface area contributed by atoms with E-state index >= 15 is 0 Å². The molecule has 0 aliphatic carbocycles. The van der Waals surface area contributed by atoms with Crippen LogP contribution in [0, 0.1) is 5.92 Å². The Hall–Kier alpha value is -0.480. The number of hydrogen-bond acceptors (Lipinski definition) is 2. The molecule has 1 aromatic carbocycles. The predicted molar refractivity (Wildman–Crippen MR) is 82.6 cm³/mol. The summed E-state index contributed by atoms with van der Waals surface area (Å²) in [4.78, 5) is 11.8. The van der Waals surface area contributed by atoms with Crippen molar-refractivity contribution in [3.05, 3.63) is 28.2 Å². The summed E-state index contributed by atoms with van der Waals surface area (Å²) < 4.78 is 0. The second-order valence-corrected chi connectivity index (χ2v) is 5.39. The number of nitrogens with one attached hydrogen (secondary N) is 2. The number of anilines is 1. The molecule has 0 radical (unpaired) electrons. The molecule has 1 atom stereocenters. The normalized spacial score (nSPS) is 17.9. The molecule has 3 nitrogen and oxygen atoms in total. The summed E-state index contributed by atoms with van der Waals surface area (Å²) in [6.07, 6.45) is 2.65. The van der Waals surface area contributed by atoms with Gasteiger partial charge in [0.25, 0.3) is 0 Å². The van der Waals surface area contributed by atoms with E-state index in [1.54, 1.807) is 18.2 Å². The van der Waals surface area contributed by atoms with Crippen molar-refractivity contribution >= 4 is 47.2 Å². The van der Waals surface area contributed by atoms with Crippen LogP contribution in [0.2, 0.25) is 10.0 Å². The Labute approximate surface area is 129 Å². The molecule has 0 aromatic heterocycles. The fourth-order valence-corrected chi connectivity index (χ4v) is 2.39. The van der Waals surface area contributed by atoms with Crippen LogP contribution in [-0.4, -0.2) is 19.0 Å². The number of rotatable bonds is 4. The molecule has 19 heavy (non-hydrogen) atoms. The maximum absolute atomic E-state index is 11.8. The third kappa shape index (κ3) is 5.19. The van der Waals surface area contributed by atoms with Gasteiger partial charge in [-0.2, -0.15) is 0 Å². The molecule has 1 heterocycles. The van der Waals surface area contributed by atoms with Crippen LogP contribution in [0.25, 0.3) is 0 Å². The number of carbonyl (C=O) groups excluding carboxylic acids is 1. The highest BCUT2D eigenvalue weighted by Crippen LogP contribution is 2.25. The number of benzene rings is 1. The van der Waals surface area contributed by atoms with Crippen molar-refractivity contribution in [1.82, 2.24) is 5.32 Å². The van der Waals surface area contributed by atoms with E-state index in [1.165, 1.54) is 6.42 Å². The van der Waals surface area contributed by atoms with Crippen molar-refractivity contribution in [2.45, 2.75) is 19.3 Å². The van der Waals surface area contributed by atoms with E-state index in [4.69, 9.17) is 23.2 Å². The van der Waals surface area contributed by atoms with Crippen LogP contribution in [0.4, 0.5) is 5.69 Å². The Morgan fingerprint density at radius 3 is 2.79 bits per heavy atom. The molecule has 1 unspecified atom stereocenters. The Bertz CT molecular complexity index is 434. The monoisotopic (exact) mass is 322 g/mol. The van der Waals surface area contributed by atoms with Gasteiger partial charge in [0.05, 0.1) is 10.0 Å². The van der Waals surface area contributed by atoms with E-state index in [2.05, 4.69) is 10.6 Å². The molecule has 1 fully saturated rings. The molecule has 1 aliphatic heterocycles. The molecule has 0 spiro atoms. The van der Waals surface area contributed by atoms with Gasteiger partial charge in [-0.3, -0.25) is 4.79 Å². The molecule has 1 amide bonds. The zero-order valence-electron chi connectivity index (χ0n) is 10.4. The first-order valence-corrected chi connectivity index (χ1v) is 6.86. The van der Waals surface area contributed by atoms with Crippen LogP contribution in [-0.2, 0) is 4.79 Å². The van der Waals surface area contributed by atoms with Crippen LogP contribution in [0.1, 0.15) is 19.3 Å². The van der Waals surface area contributed by atoms with Crippen molar-refractivity contribution in [1.29, 1.82) is 0 Å². The lowest BCUT2D eigenvalue weighted by molar-refractivity contribution is -0.116. The Morgan fingerprint density at radius 1 is 1.37 bits per heavy atom. The maximum Gasteiger partial charge on any atom is 0.224 e. The summed E-state index contributed by atoms with van der Waals surface area (Å²) in [6.45, 7) is 2.10. The van der Waals surface area contributed by atoms with Crippen LogP contribution >= 0.6 is 35.6 Å². The fraction of sp³-hybridized carbons (Fsp3) is 0.462. The molecule has 0 bridgehead atoms. The van der Waals surface area contributed by atoms with E-state index in [0.717, 1.165) is 19.5 Å². The average Bonchev–Trinajstić information content (AvgIpc) is 2.84. The lowest BCUT2D eigenvalue weighted by atomic mass is 10.0. The lowest BCUT2D eigenvalue weighted by Gasteiger charge is -2.09. The van der Waals surface area contributed by atoms with Gasteiger partial charge in [-0.05, 0) is 50.0 Å². The van der Waals surface area contributed by atoms with Crippen LogP contribution in [0.5, 0.6) is 0 Å². The minimum Gasteiger partial charge on any atom is -0.326 e. The maximum atomic E-state index is 11.8. The standard InChI is InChI=1S/C13H16Cl2N2O.ClH/c14-11-3-2-10(7-12(11)15)17-13(18)4-1-9-5-6-16-8-9;/h2-3,7,9,16H,1,4-6,8H2,(H,17,18);1H. The predicted octanol–water partition coefficient (Wildman–Crippen LogP) is 3.74. The lowest BCUT2D eigenvalue weighted by Crippen LogP contribution is -2.14. The molecule has 1 saturated heterocycles. The van der Waals surface area contributed by atoms with Crippen molar-refractivity contribution in [3.63, 3.8) is 0 Å². The average molecular weight is 324 g/mol. The van der Waals surface area contributed by atoms with Gasteiger partial charge in [0.2, 0.25) is 5.91 Å². The van der Waals surface area contributed by atoms with Crippen LogP contribution < -0.4 is 10.6 Å². The van der Waals surface area contributed by atoms with E-state index in [0.29, 0.717) is 28.1 Å². The second kappa shape index (κ2) is 7.95. The topological polar surface area (TPSA) is 41.1 Å². The first-order valence-electron chi connectivity index (χ1n) is 6.11. The molecular weight excluding hydrogens is 307 g/mol. The Kier molecular flexibility index (Phi) is 6.94. The first kappa shape index (κ1) is 16.6. The Morgan fingerprint density at radius 2 is 2.16 bits per heavy atom. The van der Waals surface area contributed by atoms with Crippen molar-refractivity contribution < 1.29 is 4.79 Å². The van der Waals surface area contributed by atoms with E-state index < -0.39 is 0 Å². The zero-order valence-corrected chi connectivity index (χ0v) is 12.7. The first-order chi connectivity index (χ1) is 8.65. The smallest absolute Gasteiger partial charge is 0.224 e. The summed E-state index contributed by atoms with van der Waals surface area (Å²) in [5.74, 6) is 0.657. The van der Waals surface area contributed by atoms with Crippen molar-refractivity contribution in [2.24, 2.45) is 5.92 Å². The zero-order chi connectivity index (χ0) is 13.0.